The smallest absolute Gasteiger partial charge is 0.235 e. The van der Waals surface area contributed by atoms with Gasteiger partial charge in [-0.3, -0.25) is 14.7 Å². The molecular formula is C26H24N2O5. The molecule has 7 heteroatoms. The zero-order valence-corrected chi connectivity index (χ0v) is 18.5. The second-order valence-electron chi connectivity index (χ2n) is 7.80. The highest BCUT2D eigenvalue weighted by molar-refractivity contribution is 5.83. The van der Waals surface area contributed by atoms with Gasteiger partial charge in [-0.15, -0.1) is 0 Å². The molecule has 0 unspecified atom stereocenters. The van der Waals surface area contributed by atoms with Crippen molar-refractivity contribution >= 4 is 11.0 Å². The summed E-state index contributed by atoms with van der Waals surface area (Å²) in [5.41, 5.74) is 2.08. The van der Waals surface area contributed by atoms with Crippen molar-refractivity contribution in [2.45, 2.75) is 26.9 Å². The van der Waals surface area contributed by atoms with Gasteiger partial charge in [0, 0.05) is 19.3 Å². The largest absolute Gasteiger partial charge is 0.490 e. The molecule has 0 N–H and O–H groups in total. The van der Waals surface area contributed by atoms with Crippen molar-refractivity contribution in [3.8, 4) is 23.0 Å². The van der Waals surface area contributed by atoms with Gasteiger partial charge in [0.05, 0.1) is 23.3 Å². The maximum atomic E-state index is 13.4. The SMILES string of the molecule is CCOc1ccccc1Oc1c(C)oc2c3c(ccc2c1=O)OCN(Cc1ccccn1)C3. The van der Waals surface area contributed by atoms with Crippen LogP contribution in [0.5, 0.6) is 23.0 Å². The molecular weight excluding hydrogens is 420 g/mol. The molecule has 168 valence electrons. The van der Waals surface area contributed by atoms with Crippen LogP contribution in [0.25, 0.3) is 11.0 Å². The van der Waals surface area contributed by atoms with Gasteiger partial charge in [-0.1, -0.05) is 18.2 Å². The van der Waals surface area contributed by atoms with Gasteiger partial charge >= 0.3 is 0 Å². The molecule has 1 aliphatic rings. The fourth-order valence-electron chi connectivity index (χ4n) is 3.96. The van der Waals surface area contributed by atoms with Gasteiger partial charge in [-0.05, 0) is 50.2 Å². The molecule has 0 aliphatic carbocycles. The molecule has 0 radical (unpaired) electrons. The molecule has 0 saturated carbocycles. The summed E-state index contributed by atoms with van der Waals surface area (Å²) in [6, 6.07) is 16.6. The van der Waals surface area contributed by atoms with Crippen LogP contribution in [0.2, 0.25) is 0 Å². The minimum atomic E-state index is -0.232. The fraction of sp³-hybridized carbons (Fsp3) is 0.231. The normalized spacial score (nSPS) is 13.4. The molecule has 0 saturated heterocycles. The standard InChI is InChI=1S/C26H24N2O5/c1-3-30-22-9-4-5-10-23(22)33-25-17(2)32-26-19(24(25)29)11-12-21-20(26)15-28(16-31-21)14-18-8-6-7-13-27-18/h4-13H,3,14-16H2,1-2H3. The third kappa shape index (κ3) is 4.15. The van der Waals surface area contributed by atoms with E-state index >= 15 is 0 Å². The third-order valence-electron chi connectivity index (χ3n) is 5.50. The Kier molecular flexibility index (Phi) is 5.71. The molecule has 0 bridgehead atoms. The first kappa shape index (κ1) is 21.0. The van der Waals surface area contributed by atoms with Crippen molar-refractivity contribution in [2.24, 2.45) is 0 Å². The van der Waals surface area contributed by atoms with Gasteiger partial charge < -0.3 is 18.6 Å². The van der Waals surface area contributed by atoms with Crippen molar-refractivity contribution < 1.29 is 18.6 Å². The Hall–Kier alpha value is -3.84. The lowest BCUT2D eigenvalue weighted by Gasteiger charge is -2.29. The number of benzene rings is 2. The average molecular weight is 444 g/mol. The number of aromatic nitrogens is 1. The average Bonchev–Trinajstić information content (AvgIpc) is 2.83. The van der Waals surface area contributed by atoms with Gasteiger partial charge in [0.2, 0.25) is 11.2 Å². The molecule has 0 amide bonds. The summed E-state index contributed by atoms with van der Waals surface area (Å²) in [6.45, 7) is 5.78. The van der Waals surface area contributed by atoms with Crippen LogP contribution in [0.4, 0.5) is 0 Å². The fourth-order valence-corrected chi connectivity index (χ4v) is 3.96. The van der Waals surface area contributed by atoms with E-state index in [1.165, 1.54) is 0 Å². The van der Waals surface area contributed by atoms with Crippen molar-refractivity contribution in [1.82, 2.24) is 9.88 Å². The van der Waals surface area contributed by atoms with Crippen LogP contribution in [0.1, 0.15) is 23.9 Å². The number of pyridine rings is 1. The predicted molar refractivity (Wildman–Crippen MR) is 124 cm³/mol. The van der Waals surface area contributed by atoms with E-state index in [0.717, 1.165) is 17.0 Å². The predicted octanol–water partition coefficient (Wildman–Crippen LogP) is 5.04. The summed E-state index contributed by atoms with van der Waals surface area (Å²) in [6.07, 6.45) is 1.77. The summed E-state index contributed by atoms with van der Waals surface area (Å²) in [4.78, 5) is 19.9. The van der Waals surface area contributed by atoms with Crippen LogP contribution in [0.15, 0.2) is 70.0 Å². The van der Waals surface area contributed by atoms with Crippen LogP contribution in [0.3, 0.4) is 0 Å². The van der Waals surface area contributed by atoms with E-state index < -0.39 is 0 Å². The number of aryl methyl sites for hydroxylation is 1. The highest BCUT2D eigenvalue weighted by atomic mass is 16.5. The second-order valence-corrected chi connectivity index (χ2v) is 7.80. The van der Waals surface area contributed by atoms with E-state index in [4.69, 9.17) is 18.6 Å². The lowest BCUT2D eigenvalue weighted by atomic mass is 10.1. The quantitative estimate of drug-likeness (QED) is 0.412. The molecule has 3 heterocycles. The first-order valence-corrected chi connectivity index (χ1v) is 10.9. The van der Waals surface area contributed by atoms with Gasteiger partial charge in [0.25, 0.3) is 0 Å². The maximum absolute atomic E-state index is 13.4. The highest BCUT2D eigenvalue weighted by Gasteiger charge is 2.24. The molecule has 33 heavy (non-hydrogen) atoms. The molecule has 4 aromatic rings. The van der Waals surface area contributed by atoms with Crippen molar-refractivity contribution in [3.05, 3.63) is 88.0 Å². The van der Waals surface area contributed by atoms with Crippen LogP contribution >= 0.6 is 0 Å². The second kappa shape index (κ2) is 8.96. The Balaban J connectivity index is 1.51. The number of para-hydroxylation sites is 2. The molecule has 0 spiro atoms. The Morgan fingerprint density at radius 2 is 1.88 bits per heavy atom. The first-order chi connectivity index (χ1) is 16.1. The molecule has 7 nitrogen and oxygen atoms in total. The number of fused-ring (bicyclic) bond motifs is 3. The lowest BCUT2D eigenvalue weighted by molar-refractivity contribution is 0.0878. The van der Waals surface area contributed by atoms with Gasteiger partial charge in [0.1, 0.15) is 23.8 Å². The summed E-state index contributed by atoms with van der Waals surface area (Å²) >= 11 is 0. The molecule has 1 aliphatic heterocycles. The minimum Gasteiger partial charge on any atom is -0.490 e. The Labute approximate surface area is 191 Å². The minimum absolute atomic E-state index is 0.150. The van der Waals surface area contributed by atoms with E-state index in [1.54, 1.807) is 31.3 Å². The summed E-state index contributed by atoms with van der Waals surface area (Å²) in [5.74, 6) is 2.31. The van der Waals surface area contributed by atoms with Gasteiger partial charge in [0.15, 0.2) is 11.5 Å². The zero-order chi connectivity index (χ0) is 22.8. The Bertz CT molecular complexity index is 1350. The van der Waals surface area contributed by atoms with E-state index in [9.17, 15) is 4.79 Å². The van der Waals surface area contributed by atoms with Crippen LogP contribution in [-0.4, -0.2) is 23.2 Å². The van der Waals surface area contributed by atoms with Crippen LogP contribution < -0.4 is 19.6 Å². The lowest BCUT2D eigenvalue weighted by Crippen LogP contribution is -2.32. The molecule has 5 rings (SSSR count). The summed E-state index contributed by atoms with van der Waals surface area (Å²) in [7, 11) is 0. The summed E-state index contributed by atoms with van der Waals surface area (Å²) < 4.78 is 23.7. The number of ether oxygens (including phenoxy) is 3. The molecule has 2 aromatic carbocycles. The van der Waals surface area contributed by atoms with Crippen molar-refractivity contribution in [3.63, 3.8) is 0 Å². The number of nitrogens with zero attached hydrogens (tertiary/aromatic N) is 2. The van der Waals surface area contributed by atoms with E-state index in [0.29, 0.717) is 54.7 Å². The van der Waals surface area contributed by atoms with Crippen molar-refractivity contribution in [2.75, 3.05) is 13.3 Å². The Morgan fingerprint density at radius 1 is 1.06 bits per heavy atom. The zero-order valence-electron chi connectivity index (χ0n) is 18.5. The van der Waals surface area contributed by atoms with E-state index in [2.05, 4.69) is 9.88 Å². The van der Waals surface area contributed by atoms with Crippen LogP contribution in [0, 0.1) is 6.92 Å². The monoisotopic (exact) mass is 444 g/mol. The highest BCUT2D eigenvalue weighted by Crippen LogP contribution is 2.36. The number of hydrogen-bond donors (Lipinski definition) is 0. The number of hydrogen-bond acceptors (Lipinski definition) is 7. The third-order valence-corrected chi connectivity index (χ3v) is 5.50. The molecule has 2 aromatic heterocycles. The Morgan fingerprint density at radius 3 is 2.67 bits per heavy atom. The van der Waals surface area contributed by atoms with Gasteiger partial charge in [-0.25, -0.2) is 0 Å². The van der Waals surface area contributed by atoms with E-state index in [1.807, 2.05) is 43.3 Å². The maximum Gasteiger partial charge on any atom is 0.235 e. The molecule has 0 fully saturated rings. The number of rotatable bonds is 6. The molecule has 0 atom stereocenters. The van der Waals surface area contributed by atoms with Crippen molar-refractivity contribution in [1.29, 1.82) is 0 Å². The van der Waals surface area contributed by atoms with Crippen LogP contribution in [-0.2, 0) is 13.1 Å². The topological polar surface area (TPSA) is 74.0 Å². The van der Waals surface area contributed by atoms with Gasteiger partial charge in [-0.2, -0.15) is 0 Å². The first-order valence-electron chi connectivity index (χ1n) is 10.9. The van der Waals surface area contributed by atoms with E-state index in [-0.39, 0.29) is 11.2 Å². The summed E-state index contributed by atoms with van der Waals surface area (Å²) in [5, 5.41) is 0.450.